The van der Waals surface area contributed by atoms with Gasteiger partial charge in [-0.15, -0.1) is 0 Å². The van der Waals surface area contributed by atoms with E-state index in [0.717, 1.165) is 37.2 Å². The van der Waals surface area contributed by atoms with Crippen molar-refractivity contribution in [2.75, 3.05) is 31.7 Å². The molecule has 4 heteroatoms. The van der Waals surface area contributed by atoms with Crippen molar-refractivity contribution < 1.29 is 14.6 Å². The Morgan fingerprint density at radius 2 is 2.41 bits per heavy atom. The van der Waals surface area contributed by atoms with Crippen LogP contribution in [-0.4, -0.2) is 38.2 Å². The molecule has 1 saturated heterocycles. The molecule has 1 fully saturated rings. The Kier molecular flexibility index (Phi) is 3.64. The number of nitrogens with zero attached hydrogens (tertiary/aromatic N) is 1. The van der Waals surface area contributed by atoms with Crippen molar-refractivity contribution in [3.8, 4) is 5.75 Å². The first kappa shape index (κ1) is 11.9. The van der Waals surface area contributed by atoms with E-state index in [1.807, 2.05) is 6.07 Å². The third kappa shape index (κ3) is 2.42. The van der Waals surface area contributed by atoms with Gasteiger partial charge in [0.2, 0.25) is 0 Å². The summed E-state index contributed by atoms with van der Waals surface area (Å²) in [7, 11) is 1.61. The van der Waals surface area contributed by atoms with Gasteiger partial charge in [0.15, 0.2) is 6.29 Å². The van der Waals surface area contributed by atoms with E-state index in [1.165, 1.54) is 0 Å². The number of aldehydes is 1. The Morgan fingerprint density at radius 3 is 3.00 bits per heavy atom. The molecule has 0 bridgehead atoms. The Hall–Kier alpha value is -1.55. The minimum atomic E-state index is 0.205. The molecular formula is C13H17NO3. The van der Waals surface area contributed by atoms with E-state index < -0.39 is 0 Å². The fourth-order valence-electron chi connectivity index (χ4n) is 2.22. The number of carbonyl (C=O) groups is 1. The van der Waals surface area contributed by atoms with Gasteiger partial charge < -0.3 is 14.7 Å². The first-order valence-electron chi connectivity index (χ1n) is 5.77. The molecule has 1 atom stereocenters. The van der Waals surface area contributed by atoms with E-state index in [2.05, 4.69) is 4.90 Å². The van der Waals surface area contributed by atoms with Crippen molar-refractivity contribution in [1.29, 1.82) is 0 Å². The smallest absolute Gasteiger partial charge is 0.152 e. The average Bonchev–Trinajstić information content (AvgIpc) is 2.86. The molecule has 4 nitrogen and oxygen atoms in total. The zero-order chi connectivity index (χ0) is 12.3. The fraction of sp³-hybridized carbons (Fsp3) is 0.462. The number of anilines is 1. The molecule has 0 radical (unpaired) electrons. The van der Waals surface area contributed by atoms with Crippen molar-refractivity contribution in [2.45, 2.75) is 6.42 Å². The van der Waals surface area contributed by atoms with Crippen molar-refractivity contribution in [3.63, 3.8) is 0 Å². The average molecular weight is 235 g/mol. The molecule has 17 heavy (non-hydrogen) atoms. The molecule has 1 N–H and O–H groups in total. The maximum absolute atomic E-state index is 11.0. The Morgan fingerprint density at radius 1 is 1.59 bits per heavy atom. The van der Waals surface area contributed by atoms with Gasteiger partial charge in [-0.1, -0.05) is 0 Å². The van der Waals surface area contributed by atoms with Crippen LogP contribution in [0, 0.1) is 5.92 Å². The van der Waals surface area contributed by atoms with E-state index in [1.54, 1.807) is 19.2 Å². The van der Waals surface area contributed by atoms with E-state index in [-0.39, 0.29) is 6.61 Å². The van der Waals surface area contributed by atoms with Crippen molar-refractivity contribution >= 4 is 12.0 Å². The highest BCUT2D eigenvalue weighted by Crippen LogP contribution is 2.29. The summed E-state index contributed by atoms with van der Waals surface area (Å²) in [5, 5.41) is 9.14. The third-order valence-corrected chi connectivity index (χ3v) is 3.25. The lowest BCUT2D eigenvalue weighted by Crippen LogP contribution is -2.21. The van der Waals surface area contributed by atoms with Crippen LogP contribution >= 0.6 is 0 Å². The maximum Gasteiger partial charge on any atom is 0.152 e. The molecule has 92 valence electrons. The standard InChI is InChI=1S/C13H17NO3/c1-17-12-3-2-11(9-16)13(6-12)14-5-4-10(7-14)8-15/h2-3,6,9-10,15H,4-5,7-8H2,1H3. The summed E-state index contributed by atoms with van der Waals surface area (Å²) < 4.78 is 5.18. The molecule has 1 aromatic carbocycles. The number of hydrogen-bond acceptors (Lipinski definition) is 4. The maximum atomic E-state index is 11.0. The van der Waals surface area contributed by atoms with Gasteiger partial charge >= 0.3 is 0 Å². The van der Waals surface area contributed by atoms with Crippen LogP contribution in [0.2, 0.25) is 0 Å². The van der Waals surface area contributed by atoms with E-state index in [4.69, 9.17) is 9.84 Å². The summed E-state index contributed by atoms with van der Waals surface area (Å²) in [6.45, 7) is 1.88. The molecule has 1 aromatic rings. The molecule has 0 saturated carbocycles. The lowest BCUT2D eigenvalue weighted by Gasteiger charge is -2.20. The molecular weight excluding hydrogens is 218 g/mol. The number of hydrogen-bond donors (Lipinski definition) is 1. The second-order valence-electron chi connectivity index (χ2n) is 4.33. The Bertz CT molecular complexity index is 406. The number of ether oxygens (including phenoxy) is 1. The molecule has 0 amide bonds. The van der Waals surface area contributed by atoms with Gasteiger partial charge in [-0.25, -0.2) is 0 Å². The Balaban J connectivity index is 2.27. The van der Waals surface area contributed by atoms with Crippen LogP contribution in [0.1, 0.15) is 16.8 Å². The molecule has 1 aliphatic heterocycles. The monoisotopic (exact) mass is 235 g/mol. The SMILES string of the molecule is COc1ccc(C=O)c(N2CCC(CO)C2)c1. The van der Waals surface area contributed by atoms with Gasteiger partial charge in [-0.05, 0) is 18.6 Å². The first-order valence-corrected chi connectivity index (χ1v) is 5.77. The predicted octanol–water partition coefficient (Wildman–Crippen LogP) is 1.33. The number of benzene rings is 1. The number of rotatable bonds is 4. The van der Waals surface area contributed by atoms with Crippen LogP contribution in [0.3, 0.4) is 0 Å². The lowest BCUT2D eigenvalue weighted by atomic mass is 10.1. The molecule has 0 aliphatic carbocycles. The highest BCUT2D eigenvalue weighted by Gasteiger charge is 2.23. The number of methoxy groups -OCH3 is 1. The normalized spacial score (nSPS) is 19.4. The number of carbonyl (C=O) groups excluding carboxylic acids is 1. The van der Waals surface area contributed by atoms with Gasteiger partial charge in [-0.3, -0.25) is 4.79 Å². The Labute approximate surface area is 101 Å². The molecule has 2 rings (SSSR count). The third-order valence-electron chi connectivity index (χ3n) is 3.25. The van der Waals surface area contributed by atoms with Crippen LogP contribution in [0.4, 0.5) is 5.69 Å². The largest absolute Gasteiger partial charge is 0.497 e. The second-order valence-corrected chi connectivity index (χ2v) is 4.33. The number of aliphatic hydroxyl groups is 1. The quantitative estimate of drug-likeness (QED) is 0.800. The summed E-state index contributed by atoms with van der Waals surface area (Å²) in [6, 6.07) is 5.43. The van der Waals surface area contributed by atoms with Crippen LogP contribution in [0.15, 0.2) is 18.2 Å². The lowest BCUT2D eigenvalue weighted by molar-refractivity contribution is 0.112. The highest BCUT2D eigenvalue weighted by molar-refractivity contribution is 5.85. The minimum absolute atomic E-state index is 0.205. The second kappa shape index (κ2) is 5.19. The summed E-state index contributed by atoms with van der Waals surface area (Å²) in [5.74, 6) is 1.05. The molecule has 0 spiro atoms. The summed E-state index contributed by atoms with van der Waals surface area (Å²) in [5.41, 5.74) is 1.57. The van der Waals surface area contributed by atoms with Crippen LogP contribution in [0.5, 0.6) is 5.75 Å². The summed E-state index contributed by atoms with van der Waals surface area (Å²) in [6.07, 6.45) is 1.83. The summed E-state index contributed by atoms with van der Waals surface area (Å²) >= 11 is 0. The van der Waals surface area contributed by atoms with Gasteiger partial charge in [0, 0.05) is 37.2 Å². The predicted molar refractivity (Wildman–Crippen MR) is 65.8 cm³/mol. The van der Waals surface area contributed by atoms with Gasteiger partial charge in [-0.2, -0.15) is 0 Å². The van der Waals surface area contributed by atoms with E-state index in [9.17, 15) is 4.79 Å². The van der Waals surface area contributed by atoms with Crippen LogP contribution < -0.4 is 9.64 Å². The van der Waals surface area contributed by atoms with Gasteiger partial charge in [0.1, 0.15) is 5.75 Å². The number of aliphatic hydroxyl groups excluding tert-OH is 1. The van der Waals surface area contributed by atoms with E-state index in [0.29, 0.717) is 11.5 Å². The first-order chi connectivity index (χ1) is 8.28. The molecule has 1 aliphatic rings. The van der Waals surface area contributed by atoms with Crippen LogP contribution in [-0.2, 0) is 0 Å². The molecule has 1 unspecified atom stereocenters. The summed E-state index contributed by atoms with van der Waals surface area (Å²) in [4.78, 5) is 13.1. The zero-order valence-corrected chi connectivity index (χ0v) is 9.93. The minimum Gasteiger partial charge on any atom is -0.497 e. The zero-order valence-electron chi connectivity index (χ0n) is 9.93. The van der Waals surface area contributed by atoms with Crippen molar-refractivity contribution in [2.24, 2.45) is 5.92 Å². The van der Waals surface area contributed by atoms with Crippen molar-refractivity contribution in [3.05, 3.63) is 23.8 Å². The molecule has 0 aromatic heterocycles. The van der Waals surface area contributed by atoms with Crippen LogP contribution in [0.25, 0.3) is 0 Å². The van der Waals surface area contributed by atoms with E-state index >= 15 is 0 Å². The topological polar surface area (TPSA) is 49.8 Å². The van der Waals surface area contributed by atoms with Gasteiger partial charge in [0.25, 0.3) is 0 Å². The highest BCUT2D eigenvalue weighted by atomic mass is 16.5. The fourth-order valence-corrected chi connectivity index (χ4v) is 2.22. The van der Waals surface area contributed by atoms with Gasteiger partial charge in [0.05, 0.1) is 12.8 Å². The van der Waals surface area contributed by atoms with Crippen molar-refractivity contribution in [1.82, 2.24) is 0 Å². The molecule has 1 heterocycles.